The first-order chi connectivity index (χ1) is 16.1. The van der Waals surface area contributed by atoms with Gasteiger partial charge in [-0.3, -0.25) is 4.79 Å². The van der Waals surface area contributed by atoms with Crippen molar-refractivity contribution in [3.63, 3.8) is 0 Å². The van der Waals surface area contributed by atoms with Crippen LogP contribution >= 0.6 is 0 Å². The van der Waals surface area contributed by atoms with Crippen molar-refractivity contribution in [3.05, 3.63) is 71.8 Å². The molecule has 3 aromatic carbocycles. The van der Waals surface area contributed by atoms with Crippen molar-refractivity contribution in [3.8, 4) is 5.75 Å². The highest BCUT2D eigenvalue weighted by molar-refractivity contribution is 7.89. The fourth-order valence-electron chi connectivity index (χ4n) is 4.12. The Morgan fingerprint density at radius 3 is 2.29 bits per heavy atom. The van der Waals surface area contributed by atoms with Crippen LogP contribution < -0.4 is 15.2 Å². The molecule has 0 aliphatic heterocycles. The van der Waals surface area contributed by atoms with Gasteiger partial charge < -0.3 is 10.5 Å². The molecule has 1 aliphatic carbocycles. The predicted octanol–water partition coefficient (Wildman–Crippen LogP) is 4.39. The van der Waals surface area contributed by atoms with E-state index >= 15 is 8.78 Å². The third kappa shape index (κ3) is 5.05. The maximum atomic E-state index is 15.1. The van der Waals surface area contributed by atoms with Crippen LogP contribution in [-0.2, 0) is 20.7 Å². The van der Waals surface area contributed by atoms with E-state index in [9.17, 15) is 13.2 Å². The number of fused-ring (bicyclic) bond motifs is 1. The second kappa shape index (κ2) is 9.31. The van der Waals surface area contributed by atoms with E-state index in [2.05, 4.69) is 0 Å². The molecular formula is C25H26F2N2O4S. The lowest BCUT2D eigenvalue weighted by Gasteiger charge is -2.25. The molecule has 1 amide bonds. The standard InChI is InChI=1S/C25H26F2N2O4S/c1-16-6-10-19(11-7-16)25(26,27)23(24(28)30)29-34(31,32)22-13-9-17-14-21(12-8-18(17)15-22)33-20-4-2-3-5-20/h6-15,20,23,29H,2-5H2,1H3,(H2,28,30)/t23-/m1/s1. The van der Waals surface area contributed by atoms with Crippen LogP contribution in [0.25, 0.3) is 10.8 Å². The highest BCUT2D eigenvalue weighted by Crippen LogP contribution is 2.33. The van der Waals surface area contributed by atoms with Gasteiger partial charge in [0.2, 0.25) is 15.9 Å². The van der Waals surface area contributed by atoms with Crippen LogP contribution in [0, 0.1) is 6.92 Å². The van der Waals surface area contributed by atoms with E-state index in [1.165, 1.54) is 24.3 Å². The molecule has 3 aromatic rings. The summed E-state index contributed by atoms with van der Waals surface area (Å²) in [5.41, 5.74) is 5.41. The number of amides is 1. The summed E-state index contributed by atoms with van der Waals surface area (Å²) < 4.78 is 63.8. The number of halogens is 2. The third-order valence-corrected chi connectivity index (χ3v) is 7.48. The highest BCUT2D eigenvalue weighted by atomic mass is 32.2. The fraction of sp³-hybridized carbons (Fsp3) is 0.320. The van der Waals surface area contributed by atoms with Gasteiger partial charge in [0, 0.05) is 5.56 Å². The summed E-state index contributed by atoms with van der Waals surface area (Å²) in [6.45, 7) is 1.72. The number of alkyl halides is 2. The smallest absolute Gasteiger partial charge is 0.298 e. The van der Waals surface area contributed by atoms with E-state index in [1.807, 2.05) is 10.8 Å². The second-order valence-electron chi connectivity index (χ2n) is 8.64. The molecule has 0 heterocycles. The van der Waals surface area contributed by atoms with E-state index in [1.54, 1.807) is 25.1 Å². The molecular weight excluding hydrogens is 462 g/mol. The van der Waals surface area contributed by atoms with Crippen molar-refractivity contribution < 1.29 is 26.7 Å². The summed E-state index contributed by atoms with van der Waals surface area (Å²) in [6, 6.07) is 12.2. The van der Waals surface area contributed by atoms with Crippen LogP contribution in [0.5, 0.6) is 5.75 Å². The van der Waals surface area contributed by atoms with Gasteiger partial charge in [0.1, 0.15) is 5.75 Å². The van der Waals surface area contributed by atoms with Gasteiger partial charge in [0.05, 0.1) is 11.0 Å². The van der Waals surface area contributed by atoms with Crippen LogP contribution in [0.15, 0.2) is 65.6 Å². The SMILES string of the molecule is Cc1ccc(C(F)(F)[C@H](NS(=O)(=O)c2ccc3cc(OC4CCCC4)ccc3c2)C(N)=O)cc1. The number of hydrogen-bond donors (Lipinski definition) is 2. The zero-order chi connectivity index (χ0) is 24.5. The summed E-state index contributed by atoms with van der Waals surface area (Å²) >= 11 is 0. The first-order valence-electron chi connectivity index (χ1n) is 11.0. The summed E-state index contributed by atoms with van der Waals surface area (Å²) in [7, 11) is -4.49. The molecule has 0 spiro atoms. The number of rotatable bonds is 8. The van der Waals surface area contributed by atoms with E-state index in [0.717, 1.165) is 48.8 Å². The Morgan fingerprint density at radius 2 is 1.65 bits per heavy atom. The third-order valence-electron chi connectivity index (χ3n) is 6.05. The molecule has 0 bridgehead atoms. The maximum Gasteiger partial charge on any atom is 0.298 e. The topological polar surface area (TPSA) is 98.5 Å². The number of sulfonamides is 1. The van der Waals surface area contributed by atoms with Gasteiger partial charge in [0.25, 0.3) is 5.92 Å². The lowest BCUT2D eigenvalue weighted by molar-refractivity contribution is -0.130. The number of nitrogens with one attached hydrogen (secondary N) is 1. The molecule has 3 N–H and O–H groups in total. The van der Waals surface area contributed by atoms with Gasteiger partial charge in [0.15, 0.2) is 6.04 Å². The molecule has 6 nitrogen and oxygen atoms in total. The number of primary amides is 1. The van der Waals surface area contributed by atoms with Crippen molar-refractivity contribution in [1.29, 1.82) is 0 Å². The summed E-state index contributed by atoms with van der Waals surface area (Å²) in [5.74, 6) is -4.64. The van der Waals surface area contributed by atoms with E-state index in [4.69, 9.17) is 10.5 Å². The molecule has 0 unspecified atom stereocenters. The van der Waals surface area contributed by atoms with Crippen molar-refractivity contribution in [2.24, 2.45) is 5.73 Å². The Bertz CT molecular complexity index is 1300. The lowest BCUT2D eigenvalue weighted by atomic mass is 10.0. The van der Waals surface area contributed by atoms with Crippen LogP contribution in [0.1, 0.15) is 36.8 Å². The Labute approximate surface area is 197 Å². The predicted molar refractivity (Wildman–Crippen MR) is 125 cm³/mol. The van der Waals surface area contributed by atoms with Crippen molar-refractivity contribution >= 4 is 26.7 Å². The van der Waals surface area contributed by atoms with Gasteiger partial charge in [-0.25, -0.2) is 8.42 Å². The van der Waals surface area contributed by atoms with E-state index in [-0.39, 0.29) is 11.0 Å². The summed E-state index contributed by atoms with van der Waals surface area (Å²) in [6.07, 6.45) is 4.48. The van der Waals surface area contributed by atoms with Crippen molar-refractivity contribution in [2.45, 2.75) is 55.6 Å². The maximum absolute atomic E-state index is 15.1. The average molecular weight is 489 g/mol. The van der Waals surface area contributed by atoms with Gasteiger partial charge >= 0.3 is 0 Å². The minimum atomic E-state index is -4.49. The number of carbonyl (C=O) groups is 1. The normalized spacial score (nSPS) is 16.0. The first-order valence-corrected chi connectivity index (χ1v) is 12.5. The number of nitrogens with two attached hydrogens (primary N) is 1. The monoisotopic (exact) mass is 488 g/mol. The fourth-order valence-corrected chi connectivity index (χ4v) is 5.36. The molecule has 0 radical (unpaired) electrons. The number of hydrogen-bond acceptors (Lipinski definition) is 4. The van der Waals surface area contributed by atoms with Crippen molar-refractivity contribution in [1.82, 2.24) is 4.72 Å². The quantitative estimate of drug-likeness (QED) is 0.491. The Kier molecular flexibility index (Phi) is 6.60. The second-order valence-corrected chi connectivity index (χ2v) is 10.4. The van der Waals surface area contributed by atoms with Gasteiger partial charge in [-0.15, -0.1) is 0 Å². The van der Waals surface area contributed by atoms with Gasteiger partial charge in [-0.2, -0.15) is 13.5 Å². The Morgan fingerprint density at radius 1 is 1.03 bits per heavy atom. The molecule has 0 aromatic heterocycles. The van der Waals surface area contributed by atoms with Crippen molar-refractivity contribution in [2.75, 3.05) is 0 Å². The van der Waals surface area contributed by atoms with Crippen LogP contribution in [0.3, 0.4) is 0 Å². The molecule has 1 aliphatic rings. The highest BCUT2D eigenvalue weighted by Gasteiger charge is 2.47. The molecule has 1 fully saturated rings. The summed E-state index contributed by atoms with van der Waals surface area (Å²) in [4.78, 5) is 11.6. The van der Waals surface area contributed by atoms with Crippen LogP contribution in [0.2, 0.25) is 0 Å². The van der Waals surface area contributed by atoms with Gasteiger partial charge in [-0.1, -0.05) is 42.0 Å². The zero-order valence-electron chi connectivity index (χ0n) is 18.6. The van der Waals surface area contributed by atoms with Crippen LogP contribution in [0.4, 0.5) is 8.78 Å². The molecule has 1 saturated carbocycles. The number of aryl methyl sites for hydroxylation is 1. The molecule has 180 valence electrons. The molecule has 0 saturated heterocycles. The number of carbonyl (C=O) groups excluding carboxylic acids is 1. The number of benzene rings is 3. The molecule has 1 atom stereocenters. The van der Waals surface area contributed by atoms with E-state index < -0.39 is 33.5 Å². The molecule has 4 rings (SSSR count). The average Bonchev–Trinajstić information content (AvgIpc) is 3.30. The van der Waals surface area contributed by atoms with Crippen LogP contribution in [-0.4, -0.2) is 26.5 Å². The molecule has 9 heteroatoms. The Hall–Kier alpha value is -3.04. The molecule has 34 heavy (non-hydrogen) atoms. The largest absolute Gasteiger partial charge is 0.490 e. The Balaban J connectivity index is 1.59. The zero-order valence-corrected chi connectivity index (χ0v) is 19.4. The summed E-state index contributed by atoms with van der Waals surface area (Å²) in [5, 5.41) is 1.33. The minimum absolute atomic E-state index is 0.183. The minimum Gasteiger partial charge on any atom is -0.490 e. The first kappa shape index (κ1) is 24.1. The van der Waals surface area contributed by atoms with Gasteiger partial charge in [-0.05, 0) is 67.6 Å². The lowest BCUT2D eigenvalue weighted by Crippen LogP contribution is -2.53. The van der Waals surface area contributed by atoms with E-state index in [0.29, 0.717) is 11.1 Å². The number of ether oxygens (including phenoxy) is 1.